The minimum Gasteiger partial charge on any atom is -0.378 e. The first kappa shape index (κ1) is 12.9. The Morgan fingerprint density at radius 1 is 1.31 bits per heavy atom. The van der Waals surface area contributed by atoms with Crippen LogP contribution in [0.2, 0.25) is 0 Å². The molecule has 0 aliphatic rings. The number of nitrogens with one attached hydrogen (secondary N) is 1. The Balaban J connectivity index is 3.35. The van der Waals surface area contributed by atoms with Crippen LogP contribution < -0.4 is 5.32 Å². The number of hydrogen-bond acceptors (Lipinski definition) is 2. The molecule has 0 amide bonds. The van der Waals surface area contributed by atoms with E-state index in [4.69, 9.17) is 4.74 Å². The Morgan fingerprint density at radius 3 is 2.38 bits per heavy atom. The van der Waals surface area contributed by atoms with E-state index in [-0.39, 0.29) is 0 Å². The molecule has 0 heterocycles. The van der Waals surface area contributed by atoms with Crippen molar-refractivity contribution in [3.05, 3.63) is 0 Å². The molecule has 0 radical (unpaired) electrons. The molecule has 1 N–H and O–H groups in total. The predicted octanol–water partition coefficient (Wildman–Crippen LogP) is 2.44. The van der Waals surface area contributed by atoms with Gasteiger partial charge in [0, 0.05) is 6.61 Å². The molecular formula is C11H25NO. The van der Waals surface area contributed by atoms with Gasteiger partial charge < -0.3 is 10.1 Å². The third kappa shape index (κ3) is 9.84. The second-order valence-electron chi connectivity index (χ2n) is 4.90. The van der Waals surface area contributed by atoms with Crippen molar-refractivity contribution in [3.63, 3.8) is 0 Å². The van der Waals surface area contributed by atoms with Gasteiger partial charge in [-0.05, 0) is 38.8 Å². The highest BCUT2D eigenvalue weighted by molar-refractivity contribution is 4.65. The van der Waals surface area contributed by atoms with Crippen LogP contribution in [0.15, 0.2) is 0 Å². The highest BCUT2D eigenvalue weighted by atomic mass is 16.5. The zero-order valence-electron chi connectivity index (χ0n) is 9.81. The fourth-order valence-corrected chi connectivity index (χ4v) is 1.45. The lowest BCUT2D eigenvalue weighted by molar-refractivity contribution is 0.0372. The lowest BCUT2D eigenvalue weighted by Gasteiger charge is -2.23. The largest absolute Gasteiger partial charge is 0.378 e. The third-order valence-corrected chi connectivity index (χ3v) is 1.87. The van der Waals surface area contributed by atoms with Gasteiger partial charge in [0.15, 0.2) is 0 Å². The summed E-state index contributed by atoms with van der Waals surface area (Å²) in [5.74, 6) is 0. The molecule has 0 spiro atoms. The van der Waals surface area contributed by atoms with Gasteiger partial charge >= 0.3 is 0 Å². The molecule has 2 nitrogen and oxygen atoms in total. The number of hydrogen-bond donors (Lipinski definition) is 1. The summed E-state index contributed by atoms with van der Waals surface area (Å²) in [7, 11) is 1.97. The predicted molar refractivity (Wildman–Crippen MR) is 58.0 cm³/mol. The Kier molecular flexibility index (Phi) is 6.35. The molecule has 0 saturated heterocycles. The van der Waals surface area contributed by atoms with E-state index in [2.05, 4.69) is 33.0 Å². The smallest absolute Gasteiger partial charge is 0.0552 e. The average molecular weight is 187 g/mol. The fraction of sp³-hybridized carbons (Fsp3) is 1.00. The van der Waals surface area contributed by atoms with E-state index in [1.807, 2.05) is 7.05 Å². The van der Waals surface area contributed by atoms with Gasteiger partial charge in [-0.1, -0.05) is 20.8 Å². The first-order valence-electron chi connectivity index (χ1n) is 5.22. The molecule has 2 heteroatoms. The molecule has 0 bridgehead atoms. The molecule has 0 aromatic heterocycles. The van der Waals surface area contributed by atoms with Crippen molar-refractivity contribution in [2.75, 3.05) is 20.2 Å². The minimum absolute atomic E-state index is 0.377. The topological polar surface area (TPSA) is 21.3 Å². The molecule has 80 valence electrons. The first-order valence-corrected chi connectivity index (χ1v) is 5.22. The highest BCUT2D eigenvalue weighted by Gasteiger charge is 2.14. The molecule has 0 rings (SSSR count). The maximum Gasteiger partial charge on any atom is 0.0552 e. The molecule has 0 aliphatic heterocycles. The monoisotopic (exact) mass is 187 g/mol. The standard InChI is InChI=1S/C11H25NO/c1-10(9-11(2,3)4)13-8-6-7-12-5/h10,12H,6-9H2,1-5H3. The second kappa shape index (κ2) is 6.39. The SMILES string of the molecule is CNCCCOC(C)CC(C)(C)C. The van der Waals surface area contributed by atoms with Crippen molar-refractivity contribution in [2.24, 2.45) is 5.41 Å². The van der Waals surface area contributed by atoms with Crippen LogP contribution >= 0.6 is 0 Å². The van der Waals surface area contributed by atoms with E-state index in [1.54, 1.807) is 0 Å². The van der Waals surface area contributed by atoms with Crippen molar-refractivity contribution in [1.82, 2.24) is 5.32 Å². The Bertz CT molecular complexity index is 118. The van der Waals surface area contributed by atoms with Gasteiger partial charge in [0.25, 0.3) is 0 Å². The number of rotatable bonds is 6. The van der Waals surface area contributed by atoms with Crippen molar-refractivity contribution in [2.45, 2.75) is 46.6 Å². The minimum atomic E-state index is 0.377. The van der Waals surface area contributed by atoms with Crippen molar-refractivity contribution in [1.29, 1.82) is 0 Å². The summed E-state index contributed by atoms with van der Waals surface area (Å²) in [6.45, 7) is 10.8. The maximum atomic E-state index is 5.68. The zero-order chi connectivity index (χ0) is 10.3. The quantitative estimate of drug-likeness (QED) is 0.645. The molecule has 1 unspecified atom stereocenters. The van der Waals surface area contributed by atoms with Gasteiger partial charge in [0.05, 0.1) is 6.10 Å². The molecular weight excluding hydrogens is 162 g/mol. The average Bonchev–Trinajstić information content (AvgIpc) is 1.94. The van der Waals surface area contributed by atoms with E-state index in [0.717, 1.165) is 26.0 Å². The first-order chi connectivity index (χ1) is 5.95. The van der Waals surface area contributed by atoms with E-state index >= 15 is 0 Å². The van der Waals surface area contributed by atoms with E-state index in [9.17, 15) is 0 Å². The van der Waals surface area contributed by atoms with Gasteiger partial charge in [0.2, 0.25) is 0 Å². The summed E-state index contributed by atoms with van der Waals surface area (Å²) in [6.07, 6.45) is 2.62. The normalized spacial score (nSPS) is 14.5. The van der Waals surface area contributed by atoms with Gasteiger partial charge in [0.1, 0.15) is 0 Å². The molecule has 0 aliphatic carbocycles. The third-order valence-electron chi connectivity index (χ3n) is 1.87. The summed E-state index contributed by atoms with van der Waals surface area (Å²) < 4.78 is 5.68. The van der Waals surface area contributed by atoms with Crippen LogP contribution in [-0.2, 0) is 4.74 Å². The van der Waals surface area contributed by atoms with Crippen LogP contribution in [0, 0.1) is 5.41 Å². The lowest BCUT2D eigenvalue weighted by atomic mass is 9.90. The Hall–Kier alpha value is -0.0800. The molecule has 1 atom stereocenters. The zero-order valence-corrected chi connectivity index (χ0v) is 9.81. The van der Waals surface area contributed by atoms with Gasteiger partial charge in [-0.25, -0.2) is 0 Å². The summed E-state index contributed by atoms with van der Waals surface area (Å²) in [5.41, 5.74) is 0.377. The summed E-state index contributed by atoms with van der Waals surface area (Å²) >= 11 is 0. The Labute approximate surface area is 83.1 Å². The molecule has 0 saturated carbocycles. The van der Waals surface area contributed by atoms with Gasteiger partial charge in [-0.2, -0.15) is 0 Å². The fourth-order valence-electron chi connectivity index (χ4n) is 1.45. The lowest BCUT2D eigenvalue weighted by Crippen LogP contribution is -2.19. The van der Waals surface area contributed by atoms with Crippen LogP contribution in [0.1, 0.15) is 40.5 Å². The molecule has 0 aromatic carbocycles. The van der Waals surface area contributed by atoms with E-state index < -0.39 is 0 Å². The van der Waals surface area contributed by atoms with Crippen molar-refractivity contribution < 1.29 is 4.74 Å². The summed E-state index contributed by atoms with van der Waals surface area (Å²) in [5, 5.41) is 3.11. The van der Waals surface area contributed by atoms with Crippen LogP contribution in [0.3, 0.4) is 0 Å². The van der Waals surface area contributed by atoms with Crippen LogP contribution in [0.5, 0.6) is 0 Å². The van der Waals surface area contributed by atoms with Gasteiger partial charge in [-0.3, -0.25) is 0 Å². The molecule has 13 heavy (non-hydrogen) atoms. The van der Waals surface area contributed by atoms with Gasteiger partial charge in [-0.15, -0.1) is 0 Å². The van der Waals surface area contributed by atoms with E-state index in [1.165, 1.54) is 0 Å². The number of ether oxygens (including phenoxy) is 1. The molecule has 0 aromatic rings. The van der Waals surface area contributed by atoms with Crippen LogP contribution in [0.25, 0.3) is 0 Å². The molecule has 0 fully saturated rings. The summed E-state index contributed by atoms with van der Waals surface area (Å²) in [4.78, 5) is 0. The van der Waals surface area contributed by atoms with Crippen molar-refractivity contribution >= 4 is 0 Å². The Morgan fingerprint density at radius 2 is 1.92 bits per heavy atom. The van der Waals surface area contributed by atoms with Crippen molar-refractivity contribution in [3.8, 4) is 0 Å². The highest BCUT2D eigenvalue weighted by Crippen LogP contribution is 2.21. The van der Waals surface area contributed by atoms with Crippen LogP contribution in [0.4, 0.5) is 0 Å². The summed E-state index contributed by atoms with van der Waals surface area (Å²) in [6, 6.07) is 0. The van der Waals surface area contributed by atoms with E-state index in [0.29, 0.717) is 11.5 Å². The second-order valence-corrected chi connectivity index (χ2v) is 4.90. The van der Waals surface area contributed by atoms with Crippen LogP contribution in [-0.4, -0.2) is 26.3 Å². The maximum absolute atomic E-state index is 5.68.